The van der Waals surface area contributed by atoms with Gasteiger partial charge in [-0.15, -0.1) is 0 Å². The molecule has 3 aromatic rings. The van der Waals surface area contributed by atoms with Crippen molar-refractivity contribution in [3.63, 3.8) is 0 Å². The largest absolute Gasteiger partial charge is 0.497 e. The maximum Gasteiger partial charge on any atom is 0.243 e. The summed E-state index contributed by atoms with van der Waals surface area (Å²) in [6.07, 6.45) is 6.63. The lowest BCUT2D eigenvalue weighted by molar-refractivity contribution is -0.126. The van der Waals surface area contributed by atoms with Crippen molar-refractivity contribution in [1.29, 1.82) is 0 Å². The molecule has 1 aliphatic rings. The van der Waals surface area contributed by atoms with E-state index in [1.165, 1.54) is 23.5 Å². The summed E-state index contributed by atoms with van der Waals surface area (Å²) in [7, 11) is -2.12. The van der Waals surface area contributed by atoms with Gasteiger partial charge in [-0.05, 0) is 54.8 Å². The lowest BCUT2D eigenvalue weighted by Crippen LogP contribution is -2.45. The lowest BCUT2D eigenvalue weighted by Gasteiger charge is -2.31. The van der Waals surface area contributed by atoms with Gasteiger partial charge in [0, 0.05) is 37.7 Å². The van der Waals surface area contributed by atoms with Crippen LogP contribution in [0.25, 0.3) is 5.69 Å². The molecule has 32 heavy (non-hydrogen) atoms. The maximum absolute atomic E-state index is 13.0. The van der Waals surface area contributed by atoms with Gasteiger partial charge in [0.15, 0.2) is 0 Å². The zero-order valence-electron chi connectivity index (χ0n) is 17.8. The predicted octanol–water partition coefficient (Wildman–Crippen LogP) is 2.60. The number of aromatic nitrogens is 2. The number of hydrogen-bond donors (Lipinski definition) is 1. The molecule has 0 bridgehead atoms. The lowest BCUT2D eigenvalue weighted by atomic mass is 9.99. The average Bonchev–Trinajstić information content (AvgIpc) is 3.38. The third kappa shape index (κ3) is 4.84. The van der Waals surface area contributed by atoms with Crippen LogP contribution in [0.5, 0.6) is 5.75 Å². The fourth-order valence-electron chi connectivity index (χ4n) is 3.80. The van der Waals surface area contributed by atoms with Gasteiger partial charge in [0.2, 0.25) is 15.9 Å². The van der Waals surface area contributed by atoms with Gasteiger partial charge in [-0.25, -0.2) is 13.4 Å². The van der Waals surface area contributed by atoms with Crippen LogP contribution in [0.3, 0.4) is 0 Å². The molecule has 1 aliphatic heterocycles. The molecule has 1 amide bonds. The van der Waals surface area contributed by atoms with Crippen LogP contribution in [0.2, 0.25) is 0 Å². The second-order valence-electron chi connectivity index (χ2n) is 7.73. The van der Waals surface area contributed by atoms with Crippen molar-refractivity contribution in [3.8, 4) is 11.4 Å². The Morgan fingerprint density at radius 2 is 1.91 bits per heavy atom. The highest BCUT2D eigenvalue weighted by atomic mass is 32.2. The van der Waals surface area contributed by atoms with Crippen LogP contribution >= 0.6 is 0 Å². The summed E-state index contributed by atoms with van der Waals surface area (Å²) in [5.74, 6) is 0.0956. The van der Waals surface area contributed by atoms with E-state index in [9.17, 15) is 13.2 Å². The van der Waals surface area contributed by atoms with E-state index in [-0.39, 0.29) is 23.3 Å². The topological polar surface area (TPSA) is 93.5 Å². The Kier molecular flexibility index (Phi) is 6.57. The molecule has 1 fully saturated rings. The van der Waals surface area contributed by atoms with Crippen molar-refractivity contribution in [2.24, 2.45) is 5.92 Å². The van der Waals surface area contributed by atoms with E-state index in [0.717, 1.165) is 11.3 Å². The summed E-state index contributed by atoms with van der Waals surface area (Å²) < 4.78 is 34.4. The number of carbonyl (C=O) groups is 1. The molecule has 0 spiro atoms. The summed E-state index contributed by atoms with van der Waals surface area (Å²) in [4.78, 5) is 17.0. The molecule has 1 N–H and O–H groups in total. The van der Waals surface area contributed by atoms with Crippen molar-refractivity contribution >= 4 is 15.9 Å². The minimum absolute atomic E-state index is 0.127. The van der Waals surface area contributed by atoms with Gasteiger partial charge in [-0.3, -0.25) is 4.79 Å². The summed E-state index contributed by atoms with van der Waals surface area (Å²) in [6.45, 7) is 0.985. The average molecular weight is 455 g/mol. The molecule has 1 atom stereocenters. The van der Waals surface area contributed by atoms with Crippen LogP contribution in [0.4, 0.5) is 0 Å². The first-order valence-corrected chi connectivity index (χ1v) is 11.9. The second-order valence-corrected chi connectivity index (χ2v) is 9.67. The minimum Gasteiger partial charge on any atom is -0.497 e. The number of piperidine rings is 1. The SMILES string of the molecule is COc1ccc(S(=O)(=O)N2CCC[C@@H](C(=O)NCc3ccc(-n4ccnc4)cc3)C2)cc1. The van der Waals surface area contributed by atoms with Gasteiger partial charge in [-0.2, -0.15) is 4.31 Å². The number of sulfonamides is 1. The first-order chi connectivity index (χ1) is 15.5. The number of carbonyl (C=O) groups excluding carboxylic acids is 1. The zero-order chi connectivity index (χ0) is 22.6. The maximum atomic E-state index is 13.0. The third-order valence-corrected chi connectivity index (χ3v) is 7.54. The number of hydrogen-bond acceptors (Lipinski definition) is 5. The van der Waals surface area contributed by atoms with E-state index in [1.807, 2.05) is 35.0 Å². The molecule has 2 aromatic carbocycles. The number of rotatable bonds is 7. The molecular weight excluding hydrogens is 428 g/mol. The molecule has 0 saturated carbocycles. The van der Waals surface area contributed by atoms with Crippen molar-refractivity contribution < 1.29 is 17.9 Å². The monoisotopic (exact) mass is 454 g/mol. The summed E-state index contributed by atoms with van der Waals surface area (Å²) >= 11 is 0. The van der Waals surface area contributed by atoms with E-state index in [2.05, 4.69) is 10.3 Å². The highest BCUT2D eigenvalue weighted by Gasteiger charge is 2.33. The van der Waals surface area contributed by atoms with Crippen LogP contribution in [0.15, 0.2) is 72.1 Å². The van der Waals surface area contributed by atoms with Gasteiger partial charge in [0.25, 0.3) is 0 Å². The van der Waals surface area contributed by atoms with Crippen molar-refractivity contribution in [1.82, 2.24) is 19.2 Å². The fraction of sp³-hybridized carbons (Fsp3) is 0.304. The van der Waals surface area contributed by atoms with Gasteiger partial charge in [-0.1, -0.05) is 12.1 Å². The van der Waals surface area contributed by atoms with E-state index >= 15 is 0 Å². The first-order valence-electron chi connectivity index (χ1n) is 10.5. The highest BCUT2D eigenvalue weighted by molar-refractivity contribution is 7.89. The predicted molar refractivity (Wildman–Crippen MR) is 120 cm³/mol. The number of nitrogens with zero attached hydrogens (tertiary/aromatic N) is 3. The quantitative estimate of drug-likeness (QED) is 0.592. The standard InChI is InChI=1S/C23H26N4O4S/c1-31-21-8-10-22(11-9-21)32(29,30)27-13-2-3-19(16-27)23(28)25-15-18-4-6-20(7-5-18)26-14-12-24-17-26/h4-12,14,17,19H,2-3,13,15-16H2,1H3,(H,25,28)/t19-/m1/s1. The Hall–Kier alpha value is -3.17. The Labute approximate surface area is 187 Å². The van der Waals surface area contributed by atoms with E-state index < -0.39 is 10.0 Å². The fourth-order valence-corrected chi connectivity index (χ4v) is 5.33. The van der Waals surface area contributed by atoms with Crippen LogP contribution < -0.4 is 10.1 Å². The molecule has 1 saturated heterocycles. The minimum atomic E-state index is -3.66. The number of benzene rings is 2. The first kappa shape index (κ1) is 22.0. The summed E-state index contributed by atoms with van der Waals surface area (Å²) in [5, 5.41) is 2.95. The third-order valence-electron chi connectivity index (χ3n) is 5.66. The molecule has 1 aromatic heterocycles. The number of methoxy groups -OCH3 is 1. The van der Waals surface area contributed by atoms with Gasteiger partial charge >= 0.3 is 0 Å². The molecule has 2 heterocycles. The molecule has 168 valence electrons. The Bertz CT molecular complexity index is 1140. The molecule has 0 radical (unpaired) electrons. The molecule has 8 nitrogen and oxygen atoms in total. The number of amides is 1. The summed E-state index contributed by atoms with van der Waals surface area (Å²) in [6, 6.07) is 14.2. The van der Waals surface area contributed by atoms with Crippen LogP contribution in [0.1, 0.15) is 18.4 Å². The van der Waals surface area contributed by atoms with Crippen LogP contribution in [-0.4, -0.2) is 48.4 Å². The van der Waals surface area contributed by atoms with Gasteiger partial charge in [0.1, 0.15) is 5.75 Å². The molecule has 0 unspecified atom stereocenters. The Balaban J connectivity index is 1.35. The smallest absolute Gasteiger partial charge is 0.243 e. The van der Waals surface area contributed by atoms with Crippen molar-refractivity contribution in [3.05, 3.63) is 72.8 Å². The second kappa shape index (κ2) is 9.54. The number of ether oxygens (including phenoxy) is 1. The van der Waals surface area contributed by atoms with E-state index in [0.29, 0.717) is 31.7 Å². The van der Waals surface area contributed by atoms with Crippen LogP contribution in [0, 0.1) is 5.92 Å². The molecule has 4 rings (SSSR count). The van der Waals surface area contributed by atoms with Gasteiger partial charge < -0.3 is 14.6 Å². The Morgan fingerprint density at radius 3 is 2.56 bits per heavy atom. The summed E-state index contributed by atoms with van der Waals surface area (Å²) in [5.41, 5.74) is 1.96. The van der Waals surface area contributed by atoms with E-state index in [4.69, 9.17) is 4.74 Å². The van der Waals surface area contributed by atoms with Crippen molar-refractivity contribution in [2.45, 2.75) is 24.3 Å². The van der Waals surface area contributed by atoms with Crippen LogP contribution in [-0.2, 0) is 21.4 Å². The number of nitrogens with one attached hydrogen (secondary N) is 1. The molecular formula is C23H26N4O4S. The van der Waals surface area contributed by atoms with Crippen molar-refractivity contribution in [2.75, 3.05) is 20.2 Å². The molecule has 0 aliphatic carbocycles. The normalized spacial score (nSPS) is 17.1. The van der Waals surface area contributed by atoms with E-state index in [1.54, 1.807) is 24.7 Å². The molecule has 9 heteroatoms. The Morgan fingerprint density at radius 1 is 1.16 bits per heavy atom. The highest BCUT2D eigenvalue weighted by Crippen LogP contribution is 2.25. The van der Waals surface area contributed by atoms with Gasteiger partial charge in [0.05, 0.1) is 24.3 Å². The number of imidazole rings is 1. The zero-order valence-corrected chi connectivity index (χ0v) is 18.7.